The number of fused-ring (bicyclic) bond motifs is 3. The number of ketones is 1. The van der Waals surface area contributed by atoms with E-state index in [2.05, 4.69) is 5.32 Å². The van der Waals surface area contributed by atoms with E-state index in [9.17, 15) is 19.0 Å². The Balaban J connectivity index is 1.15. The molecule has 356 valence electrons. The SMILES string of the molecule is COc1ccc2c(O[C@@H]3C[C@H]4C(=O)C[C@]5(P(=O)(O)Cc6c(C)cccc6F)C[C@H]5CCCOCCOC[C@H](CC(=O)OC5CCCC5)C(=O)N4C3)cc(-c3csc(NC(C)C)n3)nc2c1Cl. The normalized spacial score (nSPS) is 25.4. The van der Waals surface area contributed by atoms with Gasteiger partial charge in [-0.15, -0.1) is 11.3 Å². The zero-order valence-corrected chi connectivity index (χ0v) is 40.4. The van der Waals surface area contributed by atoms with Gasteiger partial charge in [-0.3, -0.25) is 18.9 Å². The number of nitrogens with one attached hydrogen (secondary N) is 1. The van der Waals surface area contributed by atoms with Crippen molar-refractivity contribution >= 4 is 64.0 Å². The summed E-state index contributed by atoms with van der Waals surface area (Å²) >= 11 is 8.32. The van der Waals surface area contributed by atoms with Gasteiger partial charge in [0.05, 0.1) is 74.4 Å². The van der Waals surface area contributed by atoms with Crippen LogP contribution in [0.25, 0.3) is 22.3 Å². The number of carbonyl (C=O) groups excluding carboxylic acids is 3. The number of methoxy groups -OCH3 is 1. The van der Waals surface area contributed by atoms with Crippen LogP contribution in [-0.4, -0.2) is 107 Å². The molecular weight excluding hydrogens is 910 g/mol. The van der Waals surface area contributed by atoms with Crippen LogP contribution in [-0.2, 0) is 39.3 Å². The summed E-state index contributed by atoms with van der Waals surface area (Å²) in [6.45, 7) is 6.33. The quantitative estimate of drug-likeness (QED) is 0.102. The first-order chi connectivity index (χ1) is 31.7. The molecule has 2 aliphatic carbocycles. The Morgan fingerprint density at radius 2 is 1.85 bits per heavy atom. The van der Waals surface area contributed by atoms with Crippen LogP contribution in [0.5, 0.6) is 11.5 Å². The first kappa shape index (κ1) is 48.3. The predicted molar refractivity (Wildman–Crippen MR) is 250 cm³/mol. The highest BCUT2D eigenvalue weighted by Crippen LogP contribution is 2.75. The third-order valence-corrected chi connectivity index (χ3v) is 17.4. The third kappa shape index (κ3) is 10.6. The number of Topliss-reactive ketones (excluding diaryl/α,β-unsaturated/α-hetero) is 1. The van der Waals surface area contributed by atoms with E-state index in [1.54, 1.807) is 37.3 Å². The predicted octanol–water partition coefficient (Wildman–Crippen LogP) is 9.14. The fourth-order valence-electron chi connectivity index (χ4n) is 9.85. The highest BCUT2D eigenvalue weighted by Gasteiger charge is 2.66. The number of nitrogens with zero attached hydrogens (tertiary/aromatic N) is 3. The van der Waals surface area contributed by atoms with E-state index in [4.69, 9.17) is 45.3 Å². The number of carbonyl (C=O) groups is 3. The highest BCUT2D eigenvalue weighted by atomic mass is 35.5. The van der Waals surface area contributed by atoms with E-state index >= 15 is 9.18 Å². The van der Waals surface area contributed by atoms with Gasteiger partial charge in [-0.25, -0.2) is 14.4 Å². The number of amides is 1. The van der Waals surface area contributed by atoms with E-state index in [-0.39, 0.29) is 74.3 Å². The van der Waals surface area contributed by atoms with Gasteiger partial charge in [-0.05, 0) is 95.4 Å². The van der Waals surface area contributed by atoms with Crippen LogP contribution in [0.2, 0.25) is 5.02 Å². The van der Waals surface area contributed by atoms with Crippen LogP contribution in [0.4, 0.5) is 9.52 Å². The maximum atomic E-state index is 15.2. The maximum absolute atomic E-state index is 15.2. The number of hydrogen-bond acceptors (Lipinski definition) is 13. The van der Waals surface area contributed by atoms with E-state index in [0.717, 1.165) is 25.7 Å². The minimum Gasteiger partial charge on any atom is -0.495 e. The number of aryl methyl sites for hydroxylation is 1. The number of ether oxygens (including phenoxy) is 5. The minimum absolute atomic E-state index is 0.0452. The molecule has 2 aromatic carbocycles. The van der Waals surface area contributed by atoms with Gasteiger partial charge in [-0.1, -0.05) is 23.7 Å². The summed E-state index contributed by atoms with van der Waals surface area (Å²) in [7, 11) is -2.75. The summed E-state index contributed by atoms with van der Waals surface area (Å²) < 4.78 is 60.0. The van der Waals surface area contributed by atoms with Crippen LogP contribution >= 0.6 is 30.3 Å². The zero-order chi connectivity index (χ0) is 46.8. The molecule has 4 aliphatic rings. The molecule has 14 nitrogen and oxygen atoms in total. The number of aromatic nitrogens is 2. The number of pyridine rings is 1. The second kappa shape index (κ2) is 20.6. The minimum atomic E-state index is -4.26. The molecule has 8 rings (SSSR count). The lowest BCUT2D eigenvalue weighted by atomic mass is 9.99. The van der Waals surface area contributed by atoms with E-state index < -0.39 is 60.2 Å². The van der Waals surface area contributed by atoms with Crippen molar-refractivity contribution in [2.75, 3.05) is 45.4 Å². The summed E-state index contributed by atoms with van der Waals surface area (Å²) in [5, 5.41) is 5.39. The summed E-state index contributed by atoms with van der Waals surface area (Å²) in [5.41, 5.74) is 2.15. The average Bonchev–Trinajstić information content (AvgIpc) is 3.69. The van der Waals surface area contributed by atoms with Gasteiger partial charge in [0.25, 0.3) is 0 Å². The standard InChI is InChI=1S/C48H59ClFN4O10PS/c1-28(2)51-47-53-38(27-66-47)37-21-42(34-14-15-41(60-4)44(49)45(34)52-37)63-33-20-39-40(55)23-48(65(58,59)26-35-29(3)9-7-13-36(35)50)22-31(48)10-8-16-61-17-18-62-25-30(46(57)54(39)24-33)19-43(56)64-32-11-5-6-12-32/h7,9,13-15,21,27-28,30-33,39H,5-6,8,10-12,16-20,22-26H2,1-4H3,(H,51,53)(H,58,59)/t30-,31+,33+,39-,48+/m0/s1. The lowest BCUT2D eigenvalue weighted by Crippen LogP contribution is -2.46. The van der Waals surface area contributed by atoms with Crippen molar-refractivity contribution < 1.29 is 51.9 Å². The van der Waals surface area contributed by atoms with Crippen LogP contribution < -0.4 is 14.8 Å². The lowest BCUT2D eigenvalue weighted by Gasteiger charge is -2.30. The molecule has 66 heavy (non-hydrogen) atoms. The Morgan fingerprint density at radius 3 is 2.61 bits per heavy atom. The van der Waals surface area contributed by atoms with Crippen molar-refractivity contribution in [3.05, 3.63) is 63.7 Å². The molecule has 1 amide bonds. The van der Waals surface area contributed by atoms with Crippen LogP contribution in [0, 0.1) is 24.6 Å². The molecule has 6 atom stereocenters. The molecule has 2 N–H and O–H groups in total. The van der Waals surface area contributed by atoms with Crippen molar-refractivity contribution in [3.8, 4) is 22.9 Å². The molecule has 2 aliphatic heterocycles. The molecule has 18 heteroatoms. The van der Waals surface area contributed by atoms with Crippen LogP contribution in [0.1, 0.15) is 89.2 Å². The van der Waals surface area contributed by atoms with E-state index in [1.807, 2.05) is 19.2 Å². The molecule has 0 bridgehead atoms. The first-order valence-corrected chi connectivity index (χ1v) is 26.1. The second-order valence-electron chi connectivity index (χ2n) is 18.5. The summed E-state index contributed by atoms with van der Waals surface area (Å²) in [6, 6.07) is 8.85. The fraction of sp³-hybridized carbons (Fsp3) is 0.562. The zero-order valence-electron chi connectivity index (χ0n) is 37.9. The summed E-state index contributed by atoms with van der Waals surface area (Å²) in [5.74, 6) is -2.52. The number of thiazole rings is 1. The molecule has 0 radical (unpaired) electrons. The van der Waals surface area contributed by atoms with Gasteiger partial charge >= 0.3 is 5.97 Å². The molecule has 2 saturated carbocycles. The molecule has 2 saturated heterocycles. The smallest absolute Gasteiger partial charge is 0.306 e. The topological polar surface area (TPSA) is 176 Å². The number of esters is 1. The number of hydrogen-bond donors (Lipinski definition) is 2. The van der Waals surface area contributed by atoms with Crippen LogP contribution in [0.3, 0.4) is 0 Å². The third-order valence-electron chi connectivity index (χ3n) is 13.5. The van der Waals surface area contributed by atoms with Gasteiger partial charge in [0.1, 0.15) is 40.2 Å². The highest BCUT2D eigenvalue weighted by molar-refractivity contribution is 7.59. The molecule has 4 fully saturated rings. The Kier molecular flexibility index (Phi) is 15.1. The number of anilines is 1. The van der Waals surface area contributed by atoms with Crippen molar-refractivity contribution in [2.24, 2.45) is 11.8 Å². The molecule has 2 aromatic heterocycles. The summed E-state index contributed by atoms with van der Waals surface area (Å²) in [6.07, 6.45) is 2.91. The van der Waals surface area contributed by atoms with Crippen molar-refractivity contribution in [2.45, 2.75) is 121 Å². The van der Waals surface area contributed by atoms with Crippen molar-refractivity contribution in [3.63, 3.8) is 0 Å². The van der Waals surface area contributed by atoms with Crippen molar-refractivity contribution in [1.82, 2.24) is 14.9 Å². The van der Waals surface area contributed by atoms with Crippen molar-refractivity contribution in [1.29, 1.82) is 0 Å². The largest absolute Gasteiger partial charge is 0.495 e. The van der Waals surface area contributed by atoms with Gasteiger partial charge < -0.3 is 38.8 Å². The molecule has 1 unspecified atom stereocenters. The second-order valence-corrected chi connectivity index (χ2v) is 22.3. The van der Waals surface area contributed by atoms with Crippen LogP contribution in [0.15, 0.2) is 41.8 Å². The molecular formula is C48H59ClFN4O10PS. The number of rotatable bonds is 12. The molecule has 4 aromatic rings. The Hall–Kier alpha value is -4.18. The van der Waals surface area contributed by atoms with Gasteiger partial charge in [0.15, 0.2) is 10.9 Å². The Morgan fingerprint density at radius 1 is 1.06 bits per heavy atom. The summed E-state index contributed by atoms with van der Waals surface area (Å²) in [4.78, 5) is 66.6. The van der Waals surface area contributed by atoms with Gasteiger partial charge in [0, 0.05) is 47.9 Å². The molecule has 4 heterocycles. The monoisotopic (exact) mass is 968 g/mol. The van der Waals surface area contributed by atoms with Gasteiger partial charge in [-0.2, -0.15) is 0 Å². The lowest BCUT2D eigenvalue weighted by molar-refractivity contribution is -0.155. The Labute approximate surface area is 393 Å². The average molecular weight is 970 g/mol. The van der Waals surface area contributed by atoms with E-state index in [1.165, 1.54) is 29.4 Å². The first-order valence-electron chi connectivity index (χ1n) is 23.0. The van der Waals surface area contributed by atoms with E-state index in [0.29, 0.717) is 70.4 Å². The number of halogens is 2. The molecule has 0 spiro atoms. The Bertz CT molecular complexity index is 2470. The van der Waals surface area contributed by atoms with Gasteiger partial charge in [0.2, 0.25) is 13.3 Å². The maximum Gasteiger partial charge on any atom is 0.306 e. The fourth-order valence-corrected chi connectivity index (χ4v) is 13.7. The number of benzene rings is 2.